The van der Waals surface area contributed by atoms with E-state index in [4.69, 9.17) is 10.5 Å². The Labute approximate surface area is 142 Å². The lowest BCUT2D eigenvalue weighted by molar-refractivity contribution is -0.306. The van der Waals surface area contributed by atoms with E-state index in [2.05, 4.69) is 20.5 Å². The first-order chi connectivity index (χ1) is 11.5. The average Bonchev–Trinajstić information content (AvgIpc) is 2.97. The highest BCUT2D eigenvalue weighted by Crippen LogP contribution is 2.21. The van der Waals surface area contributed by atoms with Gasteiger partial charge in [0.2, 0.25) is 17.0 Å². The number of carboxylic acid groups (broad SMARTS) is 1. The van der Waals surface area contributed by atoms with Gasteiger partial charge in [-0.3, -0.25) is 4.79 Å². The van der Waals surface area contributed by atoms with E-state index in [0.29, 0.717) is 16.5 Å². The Balaban J connectivity index is 1.98. The van der Waals surface area contributed by atoms with E-state index in [1.807, 2.05) is 0 Å². The van der Waals surface area contributed by atoms with Crippen LogP contribution < -0.4 is 20.9 Å². The second-order valence-electron chi connectivity index (χ2n) is 4.76. The van der Waals surface area contributed by atoms with E-state index in [1.165, 1.54) is 7.11 Å². The first-order valence-corrected chi connectivity index (χ1v) is 7.90. The van der Waals surface area contributed by atoms with Gasteiger partial charge in [-0.05, 0) is 17.7 Å². The molecule has 10 heteroatoms. The van der Waals surface area contributed by atoms with Crippen molar-refractivity contribution >= 4 is 29.6 Å². The number of carbonyl (C=O) groups is 2. The van der Waals surface area contributed by atoms with Crippen LogP contribution in [0.1, 0.15) is 18.0 Å². The number of amides is 1. The summed E-state index contributed by atoms with van der Waals surface area (Å²) in [5.74, 6) is -0.797. The van der Waals surface area contributed by atoms with Gasteiger partial charge < -0.3 is 25.7 Å². The predicted octanol–water partition coefficient (Wildman–Crippen LogP) is -0.515. The molecular weight excluding hydrogens is 334 g/mol. The van der Waals surface area contributed by atoms with Crippen molar-refractivity contribution in [2.75, 3.05) is 18.6 Å². The van der Waals surface area contributed by atoms with Gasteiger partial charge in [0.1, 0.15) is 5.75 Å². The third-order valence-corrected chi connectivity index (χ3v) is 3.89. The quantitative estimate of drug-likeness (QED) is 0.539. The summed E-state index contributed by atoms with van der Waals surface area (Å²) < 4.78 is 5.05. The van der Waals surface area contributed by atoms with Crippen molar-refractivity contribution in [3.05, 3.63) is 29.8 Å². The third kappa shape index (κ3) is 5.16. The number of nitrogens with zero attached hydrogens (tertiary/aromatic N) is 2. The van der Waals surface area contributed by atoms with Crippen molar-refractivity contribution < 1.29 is 19.4 Å². The first kappa shape index (κ1) is 17.6. The van der Waals surface area contributed by atoms with Gasteiger partial charge in [-0.25, -0.2) is 5.10 Å². The topological polar surface area (TPSA) is 146 Å². The molecule has 1 heterocycles. The number of ether oxygens (including phenoxy) is 1. The fourth-order valence-electron chi connectivity index (χ4n) is 1.94. The SMILES string of the molecule is COc1ccc([C@@H](CC(=O)[O-])NC(=O)CSc2n[nH]c(N)n2)cc1. The van der Waals surface area contributed by atoms with Crippen LogP contribution in [0.3, 0.4) is 0 Å². The van der Waals surface area contributed by atoms with Gasteiger partial charge in [0.05, 0.1) is 18.9 Å². The number of nitrogens with two attached hydrogens (primary N) is 1. The van der Waals surface area contributed by atoms with Crippen LogP contribution in [0, 0.1) is 0 Å². The number of anilines is 1. The maximum atomic E-state index is 12.0. The van der Waals surface area contributed by atoms with Crippen molar-refractivity contribution in [3.8, 4) is 5.75 Å². The van der Waals surface area contributed by atoms with Crippen molar-refractivity contribution in [2.24, 2.45) is 0 Å². The molecule has 0 saturated heterocycles. The average molecular weight is 350 g/mol. The van der Waals surface area contributed by atoms with Crippen LogP contribution in [0.25, 0.3) is 0 Å². The lowest BCUT2D eigenvalue weighted by Gasteiger charge is -2.20. The zero-order valence-corrected chi connectivity index (χ0v) is 13.6. The number of carbonyl (C=O) groups excluding carboxylic acids is 2. The minimum Gasteiger partial charge on any atom is -0.550 e. The van der Waals surface area contributed by atoms with Gasteiger partial charge in [-0.15, -0.1) is 5.10 Å². The molecule has 0 aliphatic heterocycles. The highest BCUT2D eigenvalue weighted by atomic mass is 32.2. The van der Waals surface area contributed by atoms with E-state index in [9.17, 15) is 14.7 Å². The molecule has 9 nitrogen and oxygen atoms in total. The fourth-order valence-corrected chi connectivity index (χ4v) is 2.56. The maximum absolute atomic E-state index is 12.0. The van der Waals surface area contributed by atoms with Gasteiger partial charge >= 0.3 is 0 Å². The number of thioether (sulfide) groups is 1. The van der Waals surface area contributed by atoms with E-state index >= 15 is 0 Å². The number of nitrogens with one attached hydrogen (secondary N) is 2. The van der Waals surface area contributed by atoms with Gasteiger partial charge in [-0.2, -0.15) is 4.98 Å². The lowest BCUT2D eigenvalue weighted by Crippen LogP contribution is -2.35. The largest absolute Gasteiger partial charge is 0.550 e. The number of nitrogen functional groups attached to an aromatic ring is 1. The van der Waals surface area contributed by atoms with Crippen molar-refractivity contribution in [1.29, 1.82) is 0 Å². The van der Waals surface area contributed by atoms with Crippen LogP contribution >= 0.6 is 11.8 Å². The van der Waals surface area contributed by atoms with Crippen LogP contribution in [0.15, 0.2) is 29.4 Å². The normalized spacial score (nSPS) is 11.7. The summed E-state index contributed by atoms with van der Waals surface area (Å²) in [5.41, 5.74) is 6.03. The number of benzene rings is 1. The second-order valence-corrected chi connectivity index (χ2v) is 5.70. The zero-order valence-electron chi connectivity index (χ0n) is 12.8. The number of H-pyrrole nitrogens is 1. The molecule has 1 amide bonds. The minimum absolute atomic E-state index is 0.0248. The van der Waals surface area contributed by atoms with Gasteiger partial charge in [0.15, 0.2) is 0 Å². The Hall–Kier alpha value is -2.75. The molecule has 24 heavy (non-hydrogen) atoms. The number of rotatable bonds is 8. The molecule has 0 fully saturated rings. The van der Waals surface area contributed by atoms with Crippen LogP contribution in [-0.2, 0) is 9.59 Å². The monoisotopic (exact) mass is 350 g/mol. The number of aliphatic carboxylic acids is 1. The molecule has 0 radical (unpaired) electrons. The van der Waals surface area contributed by atoms with E-state index in [-0.39, 0.29) is 24.0 Å². The summed E-state index contributed by atoms with van der Waals surface area (Å²) in [5, 5.41) is 20.2. The molecule has 1 aromatic carbocycles. The standard InChI is InChI=1S/C14H17N5O4S/c1-23-9-4-2-8(3-5-9)10(6-12(21)22)16-11(20)7-24-14-17-13(15)18-19-14/h2-5,10H,6-7H2,1H3,(H,16,20)(H,21,22)(H3,15,17,18,19)/p-1/t10-/m1/s1. The molecule has 0 aliphatic rings. The molecule has 4 N–H and O–H groups in total. The van der Waals surface area contributed by atoms with Gasteiger partial charge in [0.25, 0.3) is 0 Å². The summed E-state index contributed by atoms with van der Waals surface area (Å²) in [6, 6.07) is 6.06. The number of aromatic amines is 1. The zero-order chi connectivity index (χ0) is 17.5. The highest BCUT2D eigenvalue weighted by molar-refractivity contribution is 7.99. The van der Waals surface area contributed by atoms with E-state index in [1.54, 1.807) is 24.3 Å². The number of aromatic nitrogens is 3. The van der Waals surface area contributed by atoms with Crippen molar-refractivity contribution in [2.45, 2.75) is 17.6 Å². The summed E-state index contributed by atoms with van der Waals surface area (Å²) in [6.45, 7) is 0. The summed E-state index contributed by atoms with van der Waals surface area (Å²) >= 11 is 1.08. The number of hydrogen-bond acceptors (Lipinski definition) is 8. The number of carboxylic acids is 1. The van der Waals surface area contributed by atoms with Crippen LogP contribution in [0.2, 0.25) is 0 Å². The van der Waals surface area contributed by atoms with Gasteiger partial charge in [-0.1, -0.05) is 23.9 Å². The molecule has 0 saturated carbocycles. The molecule has 1 atom stereocenters. The fraction of sp³-hybridized carbons (Fsp3) is 0.286. The molecule has 0 aliphatic carbocycles. The molecule has 0 unspecified atom stereocenters. The highest BCUT2D eigenvalue weighted by Gasteiger charge is 2.16. The van der Waals surface area contributed by atoms with Crippen LogP contribution in [0.5, 0.6) is 5.75 Å². The number of hydrogen-bond donors (Lipinski definition) is 3. The van der Waals surface area contributed by atoms with E-state index < -0.39 is 12.0 Å². The van der Waals surface area contributed by atoms with Crippen molar-refractivity contribution in [1.82, 2.24) is 20.5 Å². The molecule has 2 rings (SSSR count). The Morgan fingerprint density at radius 1 is 1.42 bits per heavy atom. The first-order valence-electron chi connectivity index (χ1n) is 6.91. The summed E-state index contributed by atoms with van der Waals surface area (Å²) in [7, 11) is 1.53. The molecule has 2 aromatic rings. The molecule has 1 aromatic heterocycles. The Morgan fingerprint density at radius 2 is 2.12 bits per heavy atom. The Morgan fingerprint density at radius 3 is 2.67 bits per heavy atom. The molecule has 128 valence electrons. The van der Waals surface area contributed by atoms with Crippen molar-refractivity contribution in [3.63, 3.8) is 0 Å². The minimum atomic E-state index is -1.26. The van der Waals surface area contributed by atoms with Crippen LogP contribution in [-0.4, -0.2) is 39.9 Å². The summed E-state index contributed by atoms with van der Waals surface area (Å²) in [6.07, 6.45) is -0.337. The lowest BCUT2D eigenvalue weighted by atomic mass is 10.0. The Kier molecular flexibility index (Phi) is 6.01. The molecule has 0 bridgehead atoms. The third-order valence-electron chi connectivity index (χ3n) is 3.04. The molecule has 0 spiro atoms. The van der Waals surface area contributed by atoms with E-state index in [0.717, 1.165) is 11.8 Å². The smallest absolute Gasteiger partial charge is 0.230 e. The predicted molar refractivity (Wildman–Crippen MR) is 85.0 cm³/mol. The molecular formula is C14H16N5O4S-. The van der Waals surface area contributed by atoms with Gasteiger partial charge in [0, 0.05) is 12.4 Å². The summed E-state index contributed by atoms with van der Waals surface area (Å²) in [4.78, 5) is 26.8. The maximum Gasteiger partial charge on any atom is 0.230 e. The Bertz CT molecular complexity index is 703. The number of methoxy groups -OCH3 is 1. The second kappa shape index (κ2) is 8.20. The van der Waals surface area contributed by atoms with Crippen LogP contribution in [0.4, 0.5) is 5.95 Å².